The van der Waals surface area contributed by atoms with Crippen LogP contribution in [0.25, 0.3) is 22.6 Å². The first-order valence-electron chi connectivity index (χ1n) is 8.66. The van der Waals surface area contributed by atoms with Crippen LogP contribution in [0.2, 0.25) is 5.02 Å². The van der Waals surface area contributed by atoms with Gasteiger partial charge in [0.2, 0.25) is 5.89 Å². The Labute approximate surface area is 176 Å². The minimum atomic E-state index is -1.40. The Morgan fingerprint density at radius 2 is 1.71 bits per heavy atom. The van der Waals surface area contributed by atoms with Gasteiger partial charge in [-0.05, 0) is 36.8 Å². The third-order valence-corrected chi connectivity index (χ3v) is 4.91. The molecule has 0 unspecified atom stereocenters. The van der Waals surface area contributed by atoms with E-state index >= 15 is 0 Å². The molecule has 4 aromatic rings. The second-order valence-corrected chi connectivity index (χ2v) is 6.93. The van der Waals surface area contributed by atoms with Crippen LogP contribution in [0.4, 0.5) is 27.6 Å². The van der Waals surface area contributed by atoms with Crippen molar-refractivity contribution in [1.82, 2.24) is 4.98 Å². The molecule has 1 N–H and O–H groups in total. The van der Waals surface area contributed by atoms with E-state index in [1.165, 1.54) is 6.92 Å². The number of anilines is 1. The van der Waals surface area contributed by atoms with Gasteiger partial charge in [-0.1, -0.05) is 11.6 Å². The molecule has 0 bridgehead atoms. The van der Waals surface area contributed by atoms with Crippen molar-refractivity contribution in [3.8, 4) is 11.5 Å². The average molecular weight is 453 g/mol. The number of carbonyl (C=O) groups is 1. The van der Waals surface area contributed by atoms with Gasteiger partial charge in [0.15, 0.2) is 23.0 Å². The molecular weight excluding hydrogens is 443 g/mol. The number of aromatic nitrogens is 1. The number of rotatable bonds is 3. The van der Waals surface area contributed by atoms with Gasteiger partial charge in [-0.3, -0.25) is 4.79 Å². The number of nitrogens with one attached hydrogen (secondary N) is 1. The normalized spacial score (nSPS) is 11.2. The number of nitrogens with zero attached hydrogens (tertiary/aromatic N) is 1. The minimum Gasteiger partial charge on any atom is -0.436 e. The number of fused-ring (bicyclic) bond motifs is 1. The molecule has 0 aliphatic heterocycles. The molecule has 0 saturated heterocycles. The fraction of sp³-hybridized carbons (Fsp3) is 0.0476. The number of benzene rings is 3. The quantitative estimate of drug-likeness (QED) is 0.289. The Morgan fingerprint density at radius 3 is 2.45 bits per heavy atom. The molecule has 158 valence electrons. The van der Waals surface area contributed by atoms with Crippen molar-refractivity contribution in [2.45, 2.75) is 6.92 Å². The molecule has 4 nitrogen and oxygen atoms in total. The molecular formula is C21H10ClF5N2O2. The molecule has 0 aliphatic rings. The summed E-state index contributed by atoms with van der Waals surface area (Å²) in [6.07, 6.45) is 0. The van der Waals surface area contributed by atoms with E-state index in [0.717, 1.165) is 30.3 Å². The number of amides is 1. The van der Waals surface area contributed by atoms with Crippen molar-refractivity contribution < 1.29 is 31.2 Å². The lowest BCUT2D eigenvalue weighted by atomic mass is 10.1. The first-order chi connectivity index (χ1) is 14.7. The van der Waals surface area contributed by atoms with E-state index in [4.69, 9.17) is 16.0 Å². The van der Waals surface area contributed by atoms with Gasteiger partial charge in [-0.15, -0.1) is 0 Å². The molecule has 10 heteroatoms. The lowest BCUT2D eigenvalue weighted by Crippen LogP contribution is -2.14. The standard InChI is InChI=1S/C21H10ClF5N2O2/c1-8-12(21-29-19-14(26)5-10(24)7-16(19)31-21)4-9(23)6-15(8)28-20(30)11-2-3-13(25)18(27)17(11)22/h2-7H,1H3,(H,28,30). The summed E-state index contributed by atoms with van der Waals surface area (Å²) in [6.45, 7) is 1.49. The Bertz CT molecular complexity index is 1370. The zero-order chi connectivity index (χ0) is 22.4. The summed E-state index contributed by atoms with van der Waals surface area (Å²) in [5.74, 6) is -6.40. The highest BCUT2D eigenvalue weighted by Crippen LogP contribution is 2.33. The number of hydrogen-bond donors (Lipinski definition) is 1. The zero-order valence-electron chi connectivity index (χ0n) is 15.5. The van der Waals surface area contributed by atoms with Crippen molar-refractivity contribution in [3.05, 3.63) is 81.6 Å². The van der Waals surface area contributed by atoms with Crippen LogP contribution in [-0.2, 0) is 0 Å². The molecule has 0 radical (unpaired) electrons. The Balaban J connectivity index is 1.76. The van der Waals surface area contributed by atoms with Crippen LogP contribution in [0.5, 0.6) is 0 Å². The van der Waals surface area contributed by atoms with E-state index in [0.29, 0.717) is 6.07 Å². The van der Waals surface area contributed by atoms with E-state index in [1.807, 2.05) is 0 Å². The van der Waals surface area contributed by atoms with Crippen LogP contribution >= 0.6 is 11.6 Å². The van der Waals surface area contributed by atoms with Crippen LogP contribution in [-0.4, -0.2) is 10.9 Å². The molecule has 0 fully saturated rings. The molecule has 0 spiro atoms. The van der Waals surface area contributed by atoms with Crippen molar-refractivity contribution in [3.63, 3.8) is 0 Å². The van der Waals surface area contributed by atoms with E-state index in [1.54, 1.807) is 0 Å². The monoisotopic (exact) mass is 452 g/mol. The SMILES string of the molecule is Cc1c(NC(=O)c2ccc(F)c(F)c2Cl)cc(F)cc1-c1nc2c(F)cc(F)cc2o1. The molecule has 0 atom stereocenters. The van der Waals surface area contributed by atoms with Crippen LogP contribution in [0, 0.1) is 36.0 Å². The largest absolute Gasteiger partial charge is 0.436 e. The number of oxazole rings is 1. The summed E-state index contributed by atoms with van der Waals surface area (Å²) in [4.78, 5) is 16.4. The number of halogens is 6. The summed E-state index contributed by atoms with van der Waals surface area (Å²) in [6, 6.07) is 5.28. The highest BCUT2D eigenvalue weighted by atomic mass is 35.5. The maximum absolute atomic E-state index is 14.3. The lowest BCUT2D eigenvalue weighted by molar-refractivity contribution is 0.102. The fourth-order valence-electron chi connectivity index (χ4n) is 2.99. The van der Waals surface area contributed by atoms with Crippen LogP contribution in [0.15, 0.2) is 40.8 Å². The first kappa shape index (κ1) is 20.8. The second-order valence-electron chi connectivity index (χ2n) is 6.56. The maximum Gasteiger partial charge on any atom is 0.257 e. The Kier molecular flexibility index (Phi) is 5.14. The zero-order valence-corrected chi connectivity index (χ0v) is 16.3. The van der Waals surface area contributed by atoms with Gasteiger partial charge in [0, 0.05) is 23.4 Å². The van der Waals surface area contributed by atoms with E-state index < -0.39 is 40.0 Å². The summed E-state index contributed by atoms with van der Waals surface area (Å²) < 4.78 is 73.9. The second kappa shape index (κ2) is 7.66. The van der Waals surface area contributed by atoms with Crippen molar-refractivity contribution >= 4 is 34.3 Å². The van der Waals surface area contributed by atoms with Crippen LogP contribution in [0.3, 0.4) is 0 Å². The van der Waals surface area contributed by atoms with Gasteiger partial charge < -0.3 is 9.73 Å². The Morgan fingerprint density at radius 1 is 1.00 bits per heavy atom. The third kappa shape index (κ3) is 3.72. The van der Waals surface area contributed by atoms with Gasteiger partial charge in [-0.25, -0.2) is 26.9 Å². The van der Waals surface area contributed by atoms with Gasteiger partial charge in [0.05, 0.1) is 10.6 Å². The predicted octanol–water partition coefficient (Wildman–Crippen LogP) is 6.40. The fourth-order valence-corrected chi connectivity index (χ4v) is 3.23. The molecule has 1 aromatic heterocycles. The first-order valence-corrected chi connectivity index (χ1v) is 9.04. The number of hydrogen-bond acceptors (Lipinski definition) is 3. The van der Waals surface area contributed by atoms with E-state index in [9.17, 15) is 26.7 Å². The predicted molar refractivity (Wildman–Crippen MR) is 103 cm³/mol. The maximum atomic E-state index is 14.3. The average Bonchev–Trinajstić information content (AvgIpc) is 3.12. The molecule has 31 heavy (non-hydrogen) atoms. The Hall–Kier alpha value is -3.46. The molecule has 4 rings (SSSR count). The summed E-state index contributed by atoms with van der Waals surface area (Å²) in [7, 11) is 0. The van der Waals surface area contributed by atoms with Gasteiger partial charge in [0.1, 0.15) is 17.2 Å². The molecule has 3 aromatic carbocycles. The molecule has 1 amide bonds. The highest BCUT2D eigenvalue weighted by Gasteiger charge is 2.21. The van der Waals surface area contributed by atoms with Gasteiger partial charge >= 0.3 is 0 Å². The molecule has 0 saturated carbocycles. The molecule has 0 aliphatic carbocycles. The summed E-state index contributed by atoms with van der Waals surface area (Å²) in [5, 5.41) is 1.63. The van der Waals surface area contributed by atoms with Crippen molar-refractivity contribution in [1.29, 1.82) is 0 Å². The lowest BCUT2D eigenvalue weighted by Gasteiger charge is -2.12. The van der Waals surface area contributed by atoms with Crippen molar-refractivity contribution in [2.75, 3.05) is 5.32 Å². The topological polar surface area (TPSA) is 55.1 Å². The smallest absolute Gasteiger partial charge is 0.257 e. The van der Waals surface area contributed by atoms with Crippen LogP contribution < -0.4 is 5.32 Å². The minimum absolute atomic E-state index is 0.0466. The van der Waals surface area contributed by atoms with E-state index in [-0.39, 0.29) is 39.4 Å². The highest BCUT2D eigenvalue weighted by molar-refractivity contribution is 6.34. The van der Waals surface area contributed by atoms with Gasteiger partial charge in [0.25, 0.3) is 5.91 Å². The van der Waals surface area contributed by atoms with Gasteiger partial charge in [-0.2, -0.15) is 0 Å². The van der Waals surface area contributed by atoms with Crippen LogP contribution in [0.1, 0.15) is 15.9 Å². The van der Waals surface area contributed by atoms with Crippen molar-refractivity contribution in [2.24, 2.45) is 0 Å². The third-order valence-electron chi connectivity index (χ3n) is 4.54. The summed E-state index contributed by atoms with van der Waals surface area (Å²) >= 11 is 5.69. The van der Waals surface area contributed by atoms with E-state index in [2.05, 4.69) is 10.3 Å². The molecule has 1 heterocycles. The summed E-state index contributed by atoms with van der Waals surface area (Å²) in [5.41, 5.74) is -0.530. The number of carbonyl (C=O) groups excluding carboxylic acids is 1.